The summed E-state index contributed by atoms with van der Waals surface area (Å²) in [5.74, 6) is -3.64. The second-order valence-corrected chi connectivity index (χ2v) is 8.54. The zero-order valence-corrected chi connectivity index (χ0v) is 19.2. The number of carbonyl (C=O) groups excluding carboxylic acids is 4. The summed E-state index contributed by atoms with van der Waals surface area (Å²) < 4.78 is 11.3. The lowest BCUT2D eigenvalue weighted by Crippen LogP contribution is -2.38. The highest BCUT2D eigenvalue weighted by Crippen LogP contribution is 2.45. The van der Waals surface area contributed by atoms with E-state index in [1.807, 2.05) is 36.4 Å². The summed E-state index contributed by atoms with van der Waals surface area (Å²) in [4.78, 5) is 53.7. The van der Waals surface area contributed by atoms with Crippen molar-refractivity contribution in [1.82, 2.24) is 9.78 Å². The average molecular weight is 473 g/mol. The number of nitrogens with zero attached hydrogens (tertiary/aromatic N) is 3. The first-order valence-electron chi connectivity index (χ1n) is 11.2. The molecular weight excluding hydrogens is 450 g/mol. The van der Waals surface area contributed by atoms with Gasteiger partial charge in [0.15, 0.2) is 5.69 Å². The minimum absolute atomic E-state index is 0.0331. The molecule has 3 heterocycles. The molecule has 5 rings (SSSR count). The van der Waals surface area contributed by atoms with Gasteiger partial charge in [-0.25, -0.2) is 14.5 Å². The Hall–Kier alpha value is -4.27. The molecule has 2 aromatic carbocycles. The summed E-state index contributed by atoms with van der Waals surface area (Å²) in [6.45, 7) is 0. The Kier molecular flexibility index (Phi) is 5.68. The van der Waals surface area contributed by atoms with Crippen LogP contribution in [0.25, 0.3) is 0 Å². The van der Waals surface area contributed by atoms with E-state index in [0.29, 0.717) is 17.8 Å². The molecule has 0 bridgehead atoms. The Bertz CT molecular complexity index is 1320. The van der Waals surface area contributed by atoms with Crippen LogP contribution in [0.1, 0.15) is 38.1 Å². The number of esters is 2. The molecule has 9 heteroatoms. The first-order valence-corrected chi connectivity index (χ1v) is 11.2. The van der Waals surface area contributed by atoms with Gasteiger partial charge in [-0.05, 0) is 24.1 Å². The first-order chi connectivity index (χ1) is 17.0. The number of imide groups is 1. The topological polar surface area (TPSA) is 108 Å². The van der Waals surface area contributed by atoms with Gasteiger partial charge >= 0.3 is 11.9 Å². The quantitative estimate of drug-likeness (QED) is 0.414. The maximum absolute atomic E-state index is 13.7. The molecule has 0 radical (unpaired) electrons. The van der Waals surface area contributed by atoms with Gasteiger partial charge in [-0.3, -0.25) is 14.3 Å². The van der Waals surface area contributed by atoms with Crippen LogP contribution in [-0.2, 0) is 31.9 Å². The zero-order valence-electron chi connectivity index (χ0n) is 19.2. The molecule has 0 aliphatic carbocycles. The van der Waals surface area contributed by atoms with E-state index in [-0.39, 0.29) is 29.5 Å². The molecular formula is C26H23N3O6. The van der Waals surface area contributed by atoms with Crippen molar-refractivity contribution in [2.45, 2.75) is 18.9 Å². The number of hydrogen-bond donors (Lipinski definition) is 0. The predicted octanol–water partition coefficient (Wildman–Crippen LogP) is 2.60. The van der Waals surface area contributed by atoms with E-state index in [1.165, 1.54) is 19.1 Å². The lowest BCUT2D eigenvalue weighted by molar-refractivity contribution is -0.123. The summed E-state index contributed by atoms with van der Waals surface area (Å²) in [5.41, 5.74) is 1.59. The van der Waals surface area contributed by atoms with Crippen molar-refractivity contribution in [2.75, 3.05) is 19.1 Å². The van der Waals surface area contributed by atoms with Gasteiger partial charge in [0, 0.05) is 6.42 Å². The van der Waals surface area contributed by atoms with Crippen molar-refractivity contribution in [3.8, 4) is 0 Å². The van der Waals surface area contributed by atoms with Crippen molar-refractivity contribution in [3.63, 3.8) is 0 Å². The molecule has 1 fully saturated rings. The highest BCUT2D eigenvalue weighted by molar-refractivity contribution is 6.22. The smallest absolute Gasteiger partial charge is 0.359 e. The molecule has 3 aromatic rings. The van der Waals surface area contributed by atoms with Crippen LogP contribution in [0.15, 0.2) is 60.7 Å². The van der Waals surface area contributed by atoms with Crippen molar-refractivity contribution in [3.05, 3.63) is 83.2 Å². The van der Waals surface area contributed by atoms with Gasteiger partial charge in [-0.2, -0.15) is 5.10 Å². The third kappa shape index (κ3) is 3.60. The number of aromatic nitrogens is 2. The summed E-state index contributed by atoms with van der Waals surface area (Å²) in [6, 6.07) is 17.7. The standard InChI is InChI=1S/C26H23N3O6/c1-34-25(32)21-19-14-17-20(24(31)28(23(17)30)16-11-7-4-8-12-16)18(13-15-9-5-3-6-10-15)29(19)27-22(21)26(33)35-2/h3-12,17-18,20H,13-14H2,1-2H3/t17-,18-,20-/m0/s1. The second-order valence-electron chi connectivity index (χ2n) is 8.54. The highest BCUT2D eigenvalue weighted by atomic mass is 16.5. The Balaban J connectivity index is 1.67. The number of anilines is 1. The van der Waals surface area contributed by atoms with Gasteiger partial charge in [0.2, 0.25) is 11.8 Å². The van der Waals surface area contributed by atoms with Crippen LogP contribution >= 0.6 is 0 Å². The lowest BCUT2D eigenvalue weighted by atomic mass is 9.79. The van der Waals surface area contributed by atoms with Gasteiger partial charge in [0.05, 0.1) is 43.5 Å². The van der Waals surface area contributed by atoms with Gasteiger partial charge in [-0.1, -0.05) is 48.5 Å². The van der Waals surface area contributed by atoms with Crippen molar-refractivity contribution >= 4 is 29.4 Å². The van der Waals surface area contributed by atoms with E-state index in [0.717, 1.165) is 5.56 Å². The molecule has 2 aliphatic heterocycles. The molecule has 178 valence electrons. The molecule has 9 nitrogen and oxygen atoms in total. The summed E-state index contributed by atoms with van der Waals surface area (Å²) in [7, 11) is 2.41. The lowest BCUT2D eigenvalue weighted by Gasteiger charge is -2.32. The van der Waals surface area contributed by atoms with E-state index in [4.69, 9.17) is 9.47 Å². The van der Waals surface area contributed by atoms with Crippen LogP contribution in [0.4, 0.5) is 5.69 Å². The van der Waals surface area contributed by atoms with Gasteiger partial charge in [0.25, 0.3) is 0 Å². The Morgan fingerprint density at radius 2 is 1.54 bits per heavy atom. The van der Waals surface area contributed by atoms with Crippen LogP contribution in [0.5, 0.6) is 0 Å². The second kappa shape index (κ2) is 8.83. The van der Waals surface area contributed by atoms with Gasteiger partial charge < -0.3 is 9.47 Å². The van der Waals surface area contributed by atoms with E-state index in [9.17, 15) is 19.2 Å². The van der Waals surface area contributed by atoms with Gasteiger partial charge in [-0.15, -0.1) is 0 Å². The molecule has 0 N–H and O–H groups in total. The number of carbonyl (C=O) groups is 4. The third-order valence-electron chi connectivity index (χ3n) is 6.70. The molecule has 0 spiro atoms. The predicted molar refractivity (Wildman–Crippen MR) is 124 cm³/mol. The monoisotopic (exact) mass is 473 g/mol. The summed E-state index contributed by atoms with van der Waals surface area (Å²) in [6.07, 6.45) is 0.442. The first kappa shape index (κ1) is 22.5. The SMILES string of the molecule is COC(=O)c1nn2c(c1C(=O)OC)C[C@@H]1C(=O)N(c3ccccc3)C(=O)[C@@H]1[C@@H]2Cc1ccccc1. The number of rotatable bonds is 5. The largest absolute Gasteiger partial charge is 0.465 e. The minimum atomic E-state index is -0.792. The Morgan fingerprint density at radius 3 is 2.17 bits per heavy atom. The fraction of sp³-hybridized carbons (Fsp3) is 0.269. The molecule has 35 heavy (non-hydrogen) atoms. The van der Waals surface area contributed by atoms with E-state index in [2.05, 4.69) is 5.10 Å². The number of methoxy groups -OCH3 is 2. The maximum atomic E-state index is 13.7. The van der Waals surface area contributed by atoms with Crippen molar-refractivity contribution < 1.29 is 28.7 Å². The fourth-order valence-electron chi connectivity index (χ4n) is 5.15. The zero-order chi connectivity index (χ0) is 24.7. The van der Waals surface area contributed by atoms with E-state index < -0.39 is 29.8 Å². The number of ether oxygens (including phenoxy) is 2. The third-order valence-corrected chi connectivity index (χ3v) is 6.70. The normalized spacial score (nSPS) is 20.9. The average Bonchev–Trinajstić information content (AvgIpc) is 3.39. The number of hydrogen-bond acceptors (Lipinski definition) is 7. The summed E-state index contributed by atoms with van der Waals surface area (Å²) >= 11 is 0. The molecule has 0 saturated carbocycles. The highest BCUT2D eigenvalue weighted by Gasteiger charge is 2.56. The van der Waals surface area contributed by atoms with Crippen LogP contribution in [0, 0.1) is 11.8 Å². The van der Waals surface area contributed by atoms with Crippen LogP contribution in [0.3, 0.4) is 0 Å². The number of amides is 2. The molecule has 1 saturated heterocycles. The van der Waals surface area contributed by atoms with Crippen LogP contribution in [0.2, 0.25) is 0 Å². The maximum Gasteiger partial charge on any atom is 0.359 e. The van der Waals surface area contributed by atoms with E-state index in [1.54, 1.807) is 28.9 Å². The summed E-state index contributed by atoms with van der Waals surface area (Å²) in [5, 5.41) is 4.45. The molecule has 1 aromatic heterocycles. The van der Waals surface area contributed by atoms with Crippen molar-refractivity contribution in [1.29, 1.82) is 0 Å². The molecule has 2 aliphatic rings. The van der Waals surface area contributed by atoms with Crippen LogP contribution < -0.4 is 4.90 Å². The van der Waals surface area contributed by atoms with Crippen LogP contribution in [-0.4, -0.2) is 47.8 Å². The number of para-hydroxylation sites is 1. The Morgan fingerprint density at radius 1 is 0.914 bits per heavy atom. The van der Waals surface area contributed by atoms with E-state index >= 15 is 0 Å². The van der Waals surface area contributed by atoms with Crippen molar-refractivity contribution in [2.24, 2.45) is 11.8 Å². The molecule has 0 unspecified atom stereocenters. The Labute approximate surface area is 201 Å². The number of benzene rings is 2. The molecule has 3 atom stereocenters. The minimum Gasteiger partial charge on any atom is -0.465 e. The van der Waals surface area contributed by atoms with Gasteiger partial charge in [0.1, 0.15) is 5.56 Å². The fourth-order valence-corrected chi connectivity index (χ4v) is 5.15. The number of fused-ring (bicyclic) bond motifs is 2. The molecule has 2 amide bonds.